The molecule has 314 valence electrons. The fourth-order valence-electron chi connectivity index (χ4n) is 9.87. The number of rotatable bonds is 8. The molecule has 3 aliphatic carbocycles. The molecule has 1 heterocycles. The van der Waals surface area contributed by atoms with Gasteiger partial charge in [0.1, 0.15) is 29.5 Å². The lowest BCUT2D eigenvalue weighted by molar-refractivity contribution is -0.350. The summed E-state index contributed by atoms with van der Waals surface area (Å²) in [6.45, 7) is 11.8. The molecule has 1 amide bonds. The molecule has 4 aliphatic rings. The average Bonchev–Trinajstić information content (AvgIpc) is 3.14. The highest BCUT2D eigenvalue weighted by atomic mass is 16.6. The largest absolute Gasteiger partial charge is 0.460 e. The highest BCUT2D eigenvalue weighted by molar-refractivity contribution is 6.40. The van der Waals surface area contributed by atoms with Crippen LogP contribution in [0.1, 0.15) is 90.2 Å². The van der Waals surface area contributed by atoms with Crippen LogP contribution in [0.3, 0.4) is 0 Å². The van der Waals surface area contributed by atoms with E-state index in [1.807, 2.05) is 0 Å². The van der Waals surface area contributed by atoms with Crippen LogP contribution in [0.25, 0.3) is 0 Å². The van der Waals surface area contributed by atoms with Gasteiger partial charge >= 0.3 is 24.0 Å². The van der Waals surface area contributed by atoms with Crippen molar-refractivity contribution in [1.82, 2.24) is 5.32 Å². The molecule has 12 atom stereocenters. The molecule has 58 heavy (non-hydrogen) atoms. The van der Waals surface area contributed by atoms with Crippen molar-refractivity contribution in [2.75, 3.05) is 6.61 Å². The van der Waals surface area contributed by atoms with Gasteiger partial charge in [0, 0.05) is 37.0 Å². The molecule has 2 aromatic carbocycles. The number of carbonyl (C=O) groups excluding carboxylic acids is 6. The van der Waals surface area contributed by atoms with Gasteiger partial charge in [0.05, 0.1) is 35.6 Å². The van der Waals surface area contributed by atoms with E-state index in [4.69, 9.17) is 23.7 Å². The molecule has 15 nitrogen and oxygen atoms in total. The van der Waals surface area contributed by atoms with E-state index in [2.05, 4.69) is 5.32 Å². The molecule has 0 aromatic heterocycles. The average molecular weight is 808 g/mol. The van der Waals surface area contributed by atoms with Crippen LogP contribution in [0, 0.1) is 28.6 Å². The summed E-state index contributed by atoms with van der Waals surface area (Å²) in [5.41, 5.74) is -8.31. The summed E-state index contributed by atoms with van der Waals surface area (Å²) in [7, 11) is 0. The van der Waals surface area contributed by atoms with Gasteiger partial charge in [-0.25, -0.2) is 14.4 Å². The van der Waals surface area contributed by atoms with E-state index in [-0.39, 0.29) is 18.6 Å². The van der Waals surface area contributed by atoms with Gasteiger partial charge in [-0.2, -0.15) is 0 Å². The number of benzene rings is 2. The summed E-state index contributed by atoms with van der Waals surface area (Å²) in [6.07, 6.45) is -9.48. The SMILES string of the molecule is CC(=O)OC12COC1C[C@H](O)[C@@]1(C)C(=O)C(=O)C3C(C)C(OC(=O)[C@H](O)C(NC(=O)OC(C)(C)C)c4ccccc4)C[C@@](O)(C(OC(=O)c4ccccc4)C21)C3(C)C. The lowest BCUT2D eigenvalue weighted by atomic mass is 9.42. The first-order valence-electron chi connectivity index (χ1n) is 19.5. The summed E-state index contributed by atoms with van der Waals surface area (Å²) in [4.78, 5) is 83.6. The molecular formula is C43H53NO14. The lowest BCUT2D eigenvalue weighted by Gasteiger charge is -2.67. The zero-order chi connectivity index (χ0) is 42.7. The Morgan fingerprint density at radius 2 is 1.55 bits per heavy atom. The highest BCUT2D eigenvalue weighted by Gasteiger charge is 2.79. The van der Waals surface area contributed by atoms with Crippen molar-refractivity contribution in [1.29, 1.82) is 0 Å². The molecule has 1 aliphatic heterocycles. The van der Waals surface area contributed by atoms with Gasteiger partial charge in [-0.05, 0) is 45.4 Å². The predicted molar refractivity (Wildman–Crippen MR) is 203 cm³/mol. The molecule has 8 unspecified atom stereocenters. The molecule has 2 bridgehead atoms. The Kier molecular flexibility index (Phi) is 11.2. The topological polar surface area (TPSA) is 221 Å². The zero-order valence-electron chi connectivity index (χ0n) is 33.9. The van der Waals surface area contributed by atoms with Crippen molar-refractivity contribution in [2.45, 2.75) is 122 Å². The summed E-state index contributed by atoms with van der Waals surface area (Å²) < 4.78 is 29.5. The minimum absolute atomic E-state index is 0.0747. The van der Waals surface area contributed by atoms with E-state index in [9.17, 15) is 44.1 Å². The molecule has 6 rings (SSSR count). The minimum Gasteiger partial charge on any atom is -0.460 e. The van der Waals surface area contributed by atoms with E-state index in [1.54, 1.807) is 90.1 Å². The number of carbonyl (C=O) groups is 6. The smallest absolute Gasteiger partial charge is 0.408 e. The van der Waals surface area contributed by atoms with Crippen LogP contribution in [0.15, 0.2) is 60.7 Å². The number of esters is 3. The first kappa shape index (κ1) is 42.9. The quantitative estimate of drug-likeness (QED) is 0.171. The Labute approximate surface area is 336 Å². The molecule has 0 spiro atoms. The van der Waals surface area contributed by atoms with Gasteiger partial charge in [0.25, 0.3) is 0 Å². The van der Waals surface area contributed by atoms with Crippen LogP contribution in [-0.2, 0) is 42.9 Å². The number of alkyl carbamates (subject to hydrolysis) is 1. The predicted octanol–water partition coefficient (Wildman–Crippen LogP) is 3.40. The Morgan fingerprint density at radius 3 is 2.10 bits per heavy atom. The molecule has 4 fully saturated rings. The van der Waals surface area contributed by atoms with Gasteiger partial charge in [0.15, 0.2) is 11.7 Å². The summed E-state index contributed by atoms with van der Waals surface area (Å²) in [6, 6.07) is 14.6. The third kappa shape index (κ3) is 7.09. The number of aliphatic hydroxyl groups excluding tert-OH is 2. The number of amides is 1. The second-order valence-electron chi connectivity index (χ2n) is 17.9. The summed E-state index contributed by atoms with van der Waals surface area (Å²) in [5, 5.41) is 39.3. The van der Waals surface area contributed by atoms with Gasteiger partial charge in [-0.1, -0.05) is 69.3 Å². The van der Waals surface area contributed by atoms with Crippen molar-refractivity contribution in [3.63, 3.8) is 0 Å². The fourth-order valence-corrected chi connectivity index (χ4v) is 9.87. The van der Waals surface area contributed by atoms with Crippen molar-refractivity contribution in [3.05, 3.63) is 71.8 Å². The molecule has 0 radical (unpaired) electrons. The Hall–Kier alpha value is -4.70. The monoisotopic (exact) mass is 807 g/mol. The van der Waals surface area contributed by atoms with Gasteiger partial charge in [0.2, 0.25) is 11.6 Å². The van der Waals surface area contributed by atoms with Crippen LogP contribution in [0.4, 0.5) is 4.79 Å². The number of fused-ring (bicyclic) bond motifs is 5. The first-order chi connectivity index (χ1) is 27.0. The maximum Gasteiger partial charge on any atom is 0.408 e. The third-order valence-electron chi connectivity index (χ3n) is 12.9. The number of ketones is 2. The maximum atomic E-state index is 14.9. The third-order valence-corrected chi connectivity index (χ3v) is 12.9. The van der Waals surface area contributed by atoms with Crippen molar-refractivity contribution >= 4 is 35.6 Å². The number of aliphatic hydroxyl groups is 3. The molecular weight excluding hydrogens is 754 g/mol. The normalized spacial score (nSPS) is 34.9. The molecule has 3 saturated carbocycles. The van der Waals surface area contributed by atoms with E-state index < -0.39 is 124 Å². The number of Topliss-reactive ketones (excluding diaryl/α,β-unsaturated/α-hetero) is 2. The van der Waals surface area contributed by atoms with Crippen LogP contribution in [-0.4, -0.2) is 105 Å². The lowest BCUT2D eigenvalue weighted by Crippen LogP contribution is -2.82. The van der Waals surface area contributed by atoms with Crippen molar-refractivity contribution in [2.24, 2.45) is 28.6 Å². The van der Waals surface area contributed by atoms with Crippen molar-refractivity contribution in [3.8, 4) is 0 Å². The zero-order valence-corrected chi connectivity index (χ0v) is 33.9. The van der Waals surface area contributed by atoms with E-state index in [0.717, 1.165) is 6.92 Å². The Bertz CT molecular complexity index is 1950. The minimum atomic E-state index is -2.36. The van der Waals surface area contributed by atoms with E-state index >= 15 is 0 Å². The van der Waals surface area contributed by atoms with Crippen molar-refractivity contribution < 1.29 is 67.8 Å². The number of nitrogens with one attached hydrogen (secondary N) is 1. The van der Waals surface area contributed by atoms with Gasteiger partial charge in [-0.3, -0.25) is 14.4 Å². The standard InChI is InChI=1S/C43H53NO14/c1-22-26(55-37(51)32(48)30(24-15-11-9-12-16-24)44-38(52)58-39(3,4)5)20-43(53)35(56-36(50)25-17-13-10-14-18-25)33-41(8,34(49)31(47)29(22)40(43,6)7)27(46)19-28-42(33,21-54-28)57-23(2)45/h9-18,22,26-30,32-33,35,46,48,53H,19-21H2,1-8H3,(H,44,52)/t22?,26?,27-,28?,29?,30?,32+,33?,35?,41+,42?,43+/m0/s1. The highest BCUT2D eigenvalue weighted by Crippen LogP contribution is 2.64. The van der Waals surface area contributed by atoms with Crippen LogP contribution < -0.4 is 5.32 Å². The van der Waals surface area contributed by atoms with Gasteiger partial charge < -0.3 is 44.3 Å². The first-order valence-corrected chi connectivity index (χ1v) is 19.5. The number of hydrogen-bond donors (Lipinski definition) is 4. The van der Waals surface area contributed by atoms with Crippen LogP contribution >= 0.6 is 0 Å². The van der Waals surface area contributed by atoms with E-state index in [1.165, 1.54) is 19.1 Å². The molecule has 15 heteroatoms. The second kappa shape index (κ2) is 15.2. The maximum absolute atomic E-state index is 14.9. The second-order valence-corrected chi connectivity index (χ2v) is 17.9. The Morgan fingerprint density at radius 1 is 0.948 bits per heavy atom. The summed E-state index contributed by atoms with van der Waals surface area (Å²) in [5.74, 6) is -8.93. The van der Waals surface area contributed by atoms with Crippen LogP contribution in [0.2, 0.25) is 0 Å². The van der Waals surface area contributed by atoms with E-state index in [0.29, 0.717) is 5.56 Å². The van der Waals surface area contributed by atoms with Gasteiger partial charge in [-0.15, -0.1) is 0 Å². The Balaban J connectivity index is 1.46. The fraction of sp³-hybridized carbons (Fsp3) is 0.581. The number of ether oxygens (including phenoxy) is 5. The molecule has 4 N–H and O–H groups in total. The molecule has 1 saturated heterocycles. The number of hydrogen-bond acceptors (Lipinski definition) is 14. The summed E-state index contributed by atoms with van der Waals surface area (Å²) >= 11 is 0. The van der Waals surface area contributed by atoms with Crippen LogP contribution in [0.5, 0.6) is 0 Å². The molecule has 2 aromatic rings.